The van der Waals surface area contributed by atoms with E-state index in [-0.39, 0.29) is 30.5 Å². The number of nitrogens with zero attached hydrogens (tertiary/aromatic N) is 1. The maximum atomic E-state index is 13.2. The highest BCUT2D eigenvalue weighted by atomic mass is 32.2. The van der Waals surface area contributed by atoms with E-state index in [2.05, 4.69) is 5.32 Å². The third-order valence-corrected chi connectivity index (χ3v) is 6.15. The van der Waals surface area contributed by atoms with Gasteiger partial charge in [-0.1, -0.05) is 12.1 Å². The zero-order valence-electron chi connectivity index (χ0n) is 13.8. The summed E-state index contributed by atoms with van der Waals surface area (Å²) < 4.78 is 39.3. The zero-order chi connectivity index (χ0) is 18.7. The molecule has 0 radical (unpaired) electrons. The smallest absolute Gasteiger partial charge is 0.244 e. The number of aliphatic hydroxyl groups excluding tert-OH is 2. The number of benzene rings is 2. The lowest BCUT2D eigenvalue weighted by molar-refractivity contribution is 0.171. The minimum atomic E-state index is -3.72. The number of rotatable bonds is 6. The van der Waals surface area contributed by atoms with E-state index in [9.17, 15) is 17.9 Å². The number of halogens is 1. The van der Waals surface area contributed by atoms with Gasteiger partial charge in [0.1, 0.15) is 5.82 Å². The minimum absolute atomic E-state index is 0.0749. The van der Waals surface area contributed by atoms with Crippen LogP contribution in [0.25, 0.3) is 6.08 Å². The molecule has 1 aliphatic heterocycles. The summed E-state index contributed by atoms with van der Waals surface area (Å²) in [6.07, 6.45) is 3.35. The van der Waals surface area contributed by atoms with Crippen molar-refractivity contribution in [2.24, 2.45) is 0 Å². The average Bonchev–Trinajstić information content (AvgIpc) is 2.82. The van der Waals surface area contributed by atoms with Gasteiger partial charge in [-0.2, -0.15) is 4.31 Å². The maximum absolute atomic E-state index is 13.2. The van der Waals surface area contributed by atoms with Crippen molar-refractivity contribution >= 4 is 21.8 Å². The predicted molar refractivity (Wildman–Crippen MR) is 96.3 cm³/mol. The van der Waals surface area contributed by atoms with Crippen LogP contribution >= 0.6 is 0 Å². The fraction of sp³-hybridized carbons (Fsp3) is 0.222. The van der Waals surface area contributed by atoms with E-state index in [0.717, 1.165) is 9.87 Å². The third-order valence-electron chi connectivity index (χ3n) is 4.17. The van der Waals surface area contributed by atoms with Crippen LogP contribution in [0.3, 0.4) is 0 Å². The van der Waals surface area contributed by atoms with Crippen LogP contribution in [0, 0.1) is 5.82 Å². The van der Waals surface area contributed by atoms with E-state index < -0.39 is 16.1 Å². The Morgan fingerprint density at radius 2 is 2.00 bits per heavy atom. The molecule has 3 rings (SSSR count). The fourth-order valence-electron chi connectivity index (χ4n) is 2.99. The van der Waals surface area contributed by atoms with Crippen molar-refractivity contribution in [1.29, 1.82) is 0 Å². The molecule has 1 atom stereocenters. The average molecular weight is 378 g/mol. The molecular weight excluding hydrogens is 359 g/mol. The molecule has 2 aromatic carbocycles. The summed E-state index contributed by atoms with van der Waals surface area (Å²) in [7, 11) is -3.72. The first kappa shape index (κ1) is 18.5. The predicted octanol–water partition coefficient (Wildman–Crippen LogP) is 1.94. The number of anilines is 1. The second-order valence-corrected chi connectivity index (χ2v) is 7.68. The third kappa shape index (κ3) is 3.49. The quantitative estimate of drug-likeness (QED) is 0.715. The van der Waals surface area contributed by atoms with Gasteiger partial charge in [0.15, 0.2) is 0 Å². The van der Waals surface area contributed by atoms with Crippen molar-refractivity contribution in [2.75, 3.05) is 25.1 Å². The summed E-state index contributed by atoms with van der Waals surface area (Å²) >= 11 is 0. The molecule has 3 N–H and O–H groups in total. The van der Waals surface area contributed by atoms with Crippen molar-refractivity contribution in [1.82, 2.24) is 4.31 Å². The molecule has 1 unspecified atom stereocenters. The van der Waals surface area contributed by atoms with Crippen LogP contribution in [-0.2, 0) is 10.0 Å². The van der Waals surface area contributed by atoms with Gasteiger partial charge in [-0.15, -0.1) is 0 Å². The molecule has 0 saturated carbocycles. The fourth-order valence-corrected chi connectivity index (χ4v) is 4.81. The lowest BCUT2D eigenvalue weighted by atomic mass is 10.0. The highest BCUT2D eigenvalue weighted by molar-refractivity contribution is 7.89. The molecule has 0 bridgehead atoms. The molecule has 0 fully saturated rings. The Kier molecular flexibility index (Phi) is 5.38. The van der Waals surface area contributed by atoms with Crippen molar-refractivity contribution in [3.63, 3.8) is 0 Å². The minimum Gasteiger partial charge on any atom is -0.395 e. The second kappa shape index (κ2) is 7.55. The highest BCUT2D eigenvalue weighted by Crippen LogP contribution is 2.39. The number of fused-ring (bicyclic) bond motifs is 1. The van der Waals surface area contributed by atoms with Crippen LogP contribution in [0.5, 0.6) is 0 Å². The molecule has 26 heavy (non-hydrogen) atoms. The number of aliphatic hydroxyl groups is 2. The Bertz CT molecular complexity index is 931. The summed E-state index contributed by atoms with van der Waals surface area (Å²) in [5.41, 5.74) is 1.81. The molecule has 2 aromatic rings. The molecule has 1 heterocycles. The van der Waals surface area contributed by atoms with Gasteiger partial charge in [-0.05, 0) is 47.5 Å². The normalized spacial score (nSPS) is 19.0. The Balaban J connectivity index is 1.85. The number of nitrogens with one attached hydrogen (secondary N) is 1. The standard InChI is InChI=1S/C18H19FN2O4S/c19-14-2-1-3-15(11-14)20-7-6-13-4-5-18-16(10-13)17(12-23)21(8-9-22)26(18,24)25/h1-7,10-11,17,20,22-23H,8-9,12H2. The number of sulfonamides is 1. The highest BCUT2D eigenvalue weighted by Gasteiger charge is 2.41. The van der Waals surface area contributed by atoms with Crippen molar-refractivity contribution < 1.29 is 23.0 Å². The molecule has 0 spiro atoms. The largest absolute Gasteiger partial charge is 0.395 e. The summed E-state index contributed by atoms with van der Waals surface area (Å²) in [6.45, 7) is -0.774. The van der Waals surface area contributed by atoms with Crippen molar-refractivity contribution in [3.8, 4) is 0 Å². The number of hydrogen-bond acceptors (Lipinski definition) is 5. The lowest BCUT2D eigenvalue weighted by Gasteiger charge is -2.20. The first-order valence-electron chi connectivity index (χ1n) is 8.03. The summed E-state index contributed by atoms with van der Waals surface area (Å²) in [5, 5.41) is 21.7. The van der Waals surface area contributed by atoms with Crippen LogP contribution in [-0.4, -0.2) is 42.7 Å². The van der Waals surface area contributed by atoms with Gasteiger partial charge in [0.05, 0.1) is 24.2 Å². The molecule has 0 saturated heterocycles. The molecule has 0 aliphatic carbocycles. The molecular formula is C18H19FN2O4S. The van der Waals surface area contributed by atoms with Crippen LogP contribution < -0.4 is 5.32 Å². The van der Waals surface area contributed by atoms with Crippen LogP contribution in [0.2, 0.25) is 0 Å². The molecule has 0 aromatic heterocycles. The van der Waals surface area contributed by atoms with E-state index >= 15 is 0 Å². The van der Waals surface area contributed by atoms with Crippen molar-refractivity contribution in [2.45, 2.75) is 10.9 Å². The second-order valence-electron chi connectivity index (χ2n) is 5.82. The summed E-state index contributed by atoms with van der Waals surface area (Å²) in [4.78, 5) is 0.139. The van der Waals surface area contributed by atoms with Gasteiger partial charge in [0, 0.05) is 18.4 Å². The van der Waals surface area contributed by atoms with Gasteiger partial charge >= 0.3 is 0 Å². The topological polar surface area (TPSA) is 89.9 Å². The Morgan fingerprint density at radius 3 is 2.69 bits per heavy atom. The molecule has 1 aliphatic rings. The summed E-state index contributed by atoms with van der Waals surface area (Å²) in [6, 6.07) is 10.1. The number of hydrogen-bond donors (Lipinski definition) is 3. The Hall–Kier alpha value is -2.26. The zero-order valence-corrected chi connectivity index (χ0v) is 14.7. The number of β-amino-alcohol motifs (C(OH)–C–C–N with tert-alkyl or cyclic N) is 1. The van der Waals surface area contributed by atoms with Gasteiger partial charge in [-0.25, -0.2) is 12.8 Å². The molecule has 0 amide bonds. The van der Waals surface area contributed by atoms with Gasteiger partial charge in [-0.3, -0.25) is 0 Å². The monoisotopic (exact) mass is 378 g/mol. The van der Waals surface area contributed by atoms with E-state index in [1.54, 1.807) is 36.5 Å². The van der Waals surface area contributed by atoms with E-state index in [1.165, 1.54) is 18.2 Å². The van der Waals surface area contributed by atoms with E-state index in [4.69, 9.17) is 5.11 Å². The summed E-state index contributed by atoms with van der Waals surface area (Å²) in [5.74, 6) is -0.346. The molecule has 8 heteroatoms. The van der Waals surface area contributed by atoms with Crippen molar-refractivity contribution in [3.05, 3.63) is 65.6 Å². The van der Waals surface area contributed by atoms with E-state index in [0.29, 0.717) is 11.3 Å². The SMILES string of the molecule is O=S1(=O)c2ccc(C=CNc3cccc(F)c3)cc2C(CO)N1CCO. The van der Waals surface area contributed by atoms with Crippen LogP contribution in [0.1, 0.15) is 17.2 Å². The van der Waals surface area contributed by atoms with E-state index in [1.807, 2.05) is 0 Å². The van der Waals surface area contributed by atoms with Gasteiger partial charge in [0.25, 0.3) is 0 Å². The lowest BCUT2D eigenvalue weighted by Crippen LogP contribution is -2.32. The van der Waals surface area contributed by atoms with Gasteiger partial charge < -0.3 is 15.5 Å². The first-order valence-corrected chi connectivity index (χ1v) is 9.47. The Morgan fingerprint density at radius 1 is 1.19 bits per heavy atom. The molecule has 6 nitrogen and oxygen atoms in total. The Labute approximate surface area is 151 Å². The van der Waals surface area contributed by atoms with Gasteiger partial charge in [0.2, 0.25) is 10.0 Å². The first-order chi connectivity index (χ1) is 12.5. The maximum Gasteiger partial charge on any atom is 0.244 e. The van der Waals surface area contributed by atoms with Crippen LogP contribution in [0.4, 0.5) is 10.1 Å². The van der Waals surface area contributed by atoms with Crippen LogP contribution in [0.15, 0.2) is 53.6 Å². The molecule has 138 valence electrons.